The molecule has 0 heterocycles. The molecule has 4 nitrogen and oxygen atoms in total. The van der Waals surface area contributed by atoms with Crippen molar-refractivity contribution in [1.29, 1.82) is 0 Å². The number of esters is 1. The molecule has 1 unspecified atom stereocenters. The van der Waals surface area contributed by atoms with Gasteiger partial charge >= 0.3 is 12.4 Å². The van der Waals surface area contributed by atoms with Crippen LogP contribution in [-0.2, 0) is 14.3 Å². The molecule has 1 rings (SSSR count). The minimum atomic E-state index is -0.338. The van der Waals surface area contributed by atoms with E-state index in [0.717, 1.165) is 12.8 Å². The topological polar surface area (TPSA) is 46.6 Å². The molecule has 14 heavy (non-hydrogen) atoms. The highest BCUT2D eigenvalue weighted by Gasteiger charge is 2.30. The van der Waals surface area contributed by atoms with Gasteiger partial charge in [0.25, 0.3) is 0 Å². The third-order valence-electron chi connectivity index (χ3n) is 2.43. The number of carbonyl (C=O) groups is 1. The van der Waals surface area contributed by atoms with Crippen molar-refractivity contribution in [3.05, 3.63) is 0 Å². The van der Waals surface area contributed by atoms with Crippen molar-refractivity contribution in [2.75, 3.05) is 13.1 Å². The Morgan fingerprint density at radius 1 is 1.64 bits per heavy atom. The molecular formula is C10H16NO3. The van der Waals surface area contributed by atoms with Gasteiger partial charge in [-0.1, -0.05) is 0 Å². The van der Waals surface area contributed by atoms with E-state index >= 15 is 0 Å². The van der Waals surface area contributed by atoms with Crippen molar-refractivity contribution >= 4 is 12.4 Å². The zero-order chi connectivity index (χ0) is 10.6. The number of likely N-dealkylation sites (N-methyl/N-ethyl adjacent to an activating group) is 1. The molecule has 1 aliphatic rings. The second kappa shape index (κ2) is 4.98. The molecular weight excluding hydrogens is 182 g/mol. The van der Waals surface area contributed by atoms with Crippen LogP contribution in [0.5, 0.6) is 0 Å². The number of hydrogen-bond donors (Lipinski definition) is 0. The number of nitrogens with zero attached hydrogens (tertiary/aromatic N) is 1. The highest BCUT2D eigenvalue weighted by molar-refractivity contribution is 5.74. The molecule has 1 radical (unpaired) electrons. The van der Waals surface area contributed by atoms with Crippen LogP contribution in [0.3, 0.4) is 0 Å². The average molecular weight is 198 g/mol. The van der Waals surface area contributed by atoms with Crippen LogP contribution in [0.4, 0.5) is 0 Å². The van der Waals surface area contributed by atoms with E-state index in [0.29, 0.717) is 12.5 Å². The van der Waals surface area contributed by atoms with E-state index in [2.05, 4.69) is 0 Å². The van der Waals surface area contributed by atoms with Crippen LogP contribution < -0.4 is 0 Å². The van der Waals surface area contributed by atoms with Gasteiger partial charge < -0.3 is 9.64 Å². The molecule has 0 spiro atoms. The molecule has 1 fully saturated rings. The van der Waals surface area contributed by atoms with Gasteiger partial charge in [0.1, 0.15) is 12.6 Å². The normalized spacial score (nSPS) is 17.3. The molecule has 79 valence electrons. The standard InChI is InChI=1S/C10H16NO3/c1-3-11(7-12)6-10(13)14-8(2)9-4-5-9/h8-9H,3-6H2,1-2H3. The van der Waals surface area contributed by atoms with Crippen LogP contribution in [0.1, 0.15) is 26.7 Å². The van der Waals surface area contributed by atoms with E-state index in [-0.39, 0.29) is 18.6 Å². The summed E-state index contributed by atoms with van der Waals surface area (Å²) in [4.78, 5) is 22.8. The lowest BCUT2D eigenvalue weighted by atomic mass is 10.3. The fourth-order valence-corrected chi connectivity index (χ4v) is 1.27. The van der Waals surface area contributed by atoms with Gasteiger partial charge in [0.05, 0.1) is 0 Å². The Kier molecular flexibility index (Phi) is 3.92. The minimum Gasteiger partial charge on any atom is -0.461 e. The first-order chi connectivity index (χ1) is 6.67. The molecule has 0 aromatic heterocycles. The van der Waals surface area contributed by atoms with Gasteiger partial charge in [-0.2, -0.15) is 0 Å². The Labute approximate surface area is 84.2 Å². The molecule has 1 atom stereocenters. The Bertz CT molecular complexity index is 213. The van der Waals surface area contributed by atoms with Crippen LogP contribution >= 0.6 is 0 Å². The quantitative estimate of drug-likeness (QED) is 0.466. The van der Waals surface area contributed by atoms with Crippen LogP contribution in [0, 0.1) is 5.92 Å². The van der Waals surface area contributed by atoms with E-state index in [1.807, 2.05) is 6.92 Å². The zero-order valence-electron chi connectivity index (χ0n) is 8.66. The maximum Gasteiger partial charge on any atom is 0.325 e. The van der Waals surface area contributed by atoms with E-state index < -0.39 is 0 Å². The maximum absolute atomic E-state index is 11.3. The Morgan fingerprint density at radius 3 is 2.71 bits per heavy atom. The maximum atomic E-state index is 11.3. The lowest BCUT2D eigenvalue weighted by Gasteiger charge is -2.16. The molecule has 0 aromatic carbocycles. The fourth-order valence-electron chi connectivity index (χ4n) is 1.27. The molecule has 1 amide bonds. The van der Waals surface area contributed by atoms with Crippen molar-refractivity contribution in [1.82, 2.24) is 4.90 Å². The van der Waals surface area contributed by atoms with Gasteiger partial charge in [0, 0.05) is 6.54 Å². The number of hydrogen-bond acceptors (Lipinski definition) is 3. The first-order valence-corrected chi connectivity index (χ1v) is 4.99. The second-order valence-corrected chi connectivity index (χ2v) is 3.64. The largest absolute Gasteiger partial charge is 0.461 e. The van der Waals surface area contributed by atoms with E-state index in [4.69, 9.17) is 4.74 Å². The van der Waals surface area contributed by atoms with Crippen molar-refractivity contribution in [2.24, 2.45) is 5.92 Å². The third-order valence-corrected chi connectivity index (χ3v) is 2.43. The molecule has 1 aliphatic carbocycles. The summed E-state index contributed by atoms with van der Waals surface area (Å²) in [7, 11) is 0. The molecule has 1 saturated carbocycles. The van der Waals surface area contributed by atoms with Gasteiger partial charge in [-0.15, -0.1) is 0 Å². The molecule has 0 aromatic rings. The highest BCUT2D eigenvalue weighted by atomic mass is 16.5. The smallest absolute Gasteiger partial charge is 0.325 e. The summed E-state index contributed by atoms with van der Waals surface area (Å²) in [5.74, 6) is 0.198. The lowest BCUT2D eigenvalue weighted by Crippen LogP contribution is -2.31. The summed E-state index contributed by atoms with van der Waals surface area (Å²) < 4.78 is 5.15. The zero-order valence-corrected chi connectivity index (χ0v) is 8.66. The van der Waals surface area contributed by atoms with Crippen LogP contribution in [0.25, 0.3) is 0 Å². The van der Waals surface area contributed by atoms with Crippen LogP contribution in [0.15, 0.2) is 0 Å². The SMILES string of the molecule is CCN([C]=O)CC(=O)OC(C)C1CC1. The lowest BCUT2D eigenvalue weighted by molar-refractivity contribution is -0.149. The van der Waals surface area contributed by atoms with Crippen molar-refractivity contribution in [3.8, 4) is 0 Å². The number of ether oxygens (including phenoxy) is 1. The summed E-state index contributed by atoms with van der Waals surface area (Å²) in [6.45, 7) is 4.19. The Hall–Kier alpha value is -1.06. The second-order valence-electron chi connectivity index (χ2n) is 3.64. The number of rotatable bonds is 6. The molecule has 0 aliphatic heterocycles. The summed E-state index contributed by atoms with van der Waals surface area (Å²) >= 11 is 0. The predicted molar refractivity (Wildman–Crippen MR) is 51.2 cm³/mol. The van der Waals surface area contributed by atoms with Gasteiger partial charge in [0.15, 0.2) is 0 Å². The molecule has 4 heteroatoms. The van der Waals surface area contributed by atoms with Gasteiger partial charge in [-0.05, 0) is 32.6 Å². The molecule has 0 N–H and O–H groups in total. The van der Waals surface area contributed by atoms with E-state index in [9.17, 15) is 9.59 Å². The predicted octanol–water partition coefficient (Wildman–Crippen LogP) is 0.717. The van der Waals surface area contributed by atoms with Crippen LogP contribution in [-0.4, -0.2) is 36.5 Å². The van der Waals surface area contributed by atoms with E-state index in [1.165, 1.54) is 4.90 Å². The minimum absolute atomic E-state index is 0.00661. The Morgan fingerprint density at radius 2 is 2.29 bits per heavy atom. The first-order valence-electron chi connectivity index (χ1n) is 4.99. The average Bonchev–Trinajstić information content (AvgIpc) is 2.97. The van der Waals surface area contributed by atoms with Gasteiger partial charge in [-0.25, -0.2) is 0 Å². The summed E-state index contributed by atoms with van der Waals surface area (Å²) in [5.41, 5.74) is 0. The molecule has 0 saturated heterocycles. The number of carbonyl (C=O) groups excluding carboxylic acids is 2. The van der Waals surface area contributed by atoms with E-state index in [1.54, 1.807) is 13.3 Å². The summed E-state index contributed by atoms with van der Waals surface area (Å²) in [6, 6.07) is 0. The Balaban J connectivity index is 2.22. The van der Waals surface area contributed by atoms with Crippen LogP contribution in [0.2, 0.25) is 0 Å². The van der Waals surface area contributed by atoms with Gasteiger partial charge in [0.2, 0.25) is 0 Å². The first kappa shape index (κ1) is 11.0. The monoisotopic (exact) mass is 198 g/mol. The van der Waals surface area contributed by atoms with Gasteiger partial charge in [-0.3, -0.25) is 9.59 Å². The molecule has 0 bridgehead atoms. The fraction of sp³-hybridized carbons (Fsp3) is 0.800. The third kappa shape index (κ3) is 3.36. The van der Waals surface area contributed by atoms with Crippen molar-refractivity contribution < 1.29 is 14.3 Å². The highest BCUT2D eigenvalue weighted by Crippen LogP contribution is 2.33. The van der Waals surface area contributed by atoms with Crippen molar-refractivity contribution in [3.63, 3.8) is 0 Å². The van der Waals surface area contributed by atoms with Crippen molar-refractivity contribution in [2.45, 2.75) is 32.8 Å². The summed E-state index contributed by atoms with van der Waals surface area (Å²) in [5, 5.41) is 0. The summed E-state index contributed by atoms with van der Waals surface area (Å²) in [6.07, 6.45) is 3.97. The number of amides is 1.